The SMILES string of the molecule is Cc1ccc2c(n1)C(c1cc(-c3ccccn3)nc(-c3ccccn3)c1)(c1cc(-c3ccccn3)nc(-c3ccccn3)c1)c1nc(C)ccc1-2. The van der Waals surface area contributed by atoms with Crippen molar-refractivity contribution in [3.63, 3.8) is 0 Å². The van der Waals surface area contributed by atoms with Gasteiger partial charge in [0.15, 0.2) is 0 Å². The van der Waals surface area contributed by atoms with Crippen LogP contribution in [0.25, 0.3) is 56.7 Å². The van der Waals surface area contributed by atoms with Gasteiger partial charge in [-0.05, 0) is 110 Å². The highest BCUT2D eigenvalue weighted by Gasteiger charge is 2.50. The molecule has 8 nitrogen and oxygen atoms in total. The summed E-state index contributed by atoms with van der Waals surface area (Å²) in [6.07, 6.45) is 7.15. The Morgan fingerprint density at radius 2 is 0.686 bits per heavy atom. The summed E-state index contributed by atoms with van der Waals surface area (Å²) in [5.41, 5.74) is 12.3. The van der Waals surface area contributed by atoms with E-state index in [-0.39, 0.29) is 0 Å². The lowest BCUT2D eigenvalue weighted by molar-refractivity contribution is 0.704. The Hall–Kier alpha value is -6.80. The molecule has 0 saturated heterocycles. The minimum Gasteiger partial charge on any atom is -0.256 e. The number of hydrogen-bond acceptors (Lipinski definition) is 8. The number of fused-ring (bicyclic) bond motifs is 3. The first kappa shape index (κ1) is 30.3. The van der Waals surface area contributed by atoms with E-state index >= 15 is 0 Å². The molecule has 8 heteroatoms. The van der Waals surface area contributed by atoms with E-state index in [2.05, 4.69) is 48.5 Å². The Labute approximate surface area is 295 Å². The number of rotatable bonds is 6. The average molecular weight is 659 g/mol. The molecule has 0 saturated carbocycles. The lowest BCUT2D eigenvalue weighted by Gasteiger charge is -2.33. The van der Waals surface area contributed by atoms with Gasteiger partial charge in [-0.15, -0.1) is 0 Å². The zero-order chi connectivity index (χ0) is 34.4. The van der Waals surface area contributed by atoms with Gasteiger partial charge in [0.1, 0.15) is 5.41 Å². The number of hydrogen-bond donors (Lipinski definition) is 0. The topological polar surface area (TPSA) is 103 Å². The molecule has 0 radical (unpaired) electrons. The summed E-state index contributed by atoms with van der Waals surface area (Å²) in [5, 5.41) is 0. The highest BCUT2D eigenvalue weighted by Crippen LogP contribution is 2.56. The maximum atomic E-state index is 5.37. The smallest absolute Gasteiger partial charge is 0.106 e. The van der Waals surface area contributed by atoms with Gasteiger partial charge in [0.05, 0.1) is 56.9 Å². The molecule has 0 amide bonds. The number of aryl methyl sites for hydroxylation is 2. The number of pyridine rings is 8. The Kier molecular flexibility index (Phi) is 7.28. The fourth-order valence-corrected chi connectivity index (χ4v) is 7.02. The zero-order valence-electron chi connectivity index (χ0n) is 27.9. The van der Waals surface area contributed by atoms with Crippen LogP contribution in [-0.4, -0.2) is 39.9 Å². The second-order valence-corrected chi connectivity index (χ2v) is 12.6. The third kappa shape index (κ3) is 5.16. The van der Waals surface area contributed by atoms with Crippen LogP contribution in [-0.2, 0) is 5.41 Å². The van der Waals surface area contributed by atoms with Crippen molar-refractivity contribution in [3.8, 4) is 56.7 Å². The minimum atomic E-state index is -1.01. The van der Waals surface area contributed by atoms with E-state index in [1.807, 2.05) is 86.6 Å². The molecule has 0 aromatic carbocycles. The molecule has 0 fully saturated rings. The normalized spacial score (nSPS) is 12.7. The predicted molar refractivity (Wildman–Crippen MR) is 197 cm³/mol. The molecule has 0 bridgehead atoms. The van der Waals surface area contributed by atoms with E-state index in [4.69, 9.17) is 39.9 Å². The molecule has 0 N–H and O–H groups in total. The molecule has 8 aromatic heterocycles. The van der Waals surface area contributed by atoms with Crippen molar-refractivity contribution in [3.05, 3.63) is 180 Å². The van der Waals surface area contributed by atoms with Gasteiger partial charge < -0.3 is 0 Å². The van der Waals surface area contributed by atoms with Gasteiger partial charge in [0.2, 0.25) is 0 Å². The van der Waals surface area contributed by atoms with Crippen molar-refractivity contribution < 1.29 is 0 Å². The summed E-state index contributed by atoms with van der Waals surface area (Å²) in [6.45, 7) is 4.06. The highest BCUT2D eigenvalue weighted by molar-refractivity contribution is 5.85. The maximum Gasteiger partial charge on any atom is 0.106 e. The summed E-state index contributed by atoms with van der Waals surface area (Å²) in [6, 6.07) is 40.4. The maximum absolute atomic E-state index is 5.37. The Morgan fingerprint density at radius 3 is 0.980 bits per heavy atom. The molecule has 0 atom stereocenters. The molecular formula is C43H30N8. The Bertz CT molecular complexity index is 2250. The van der Waals surface area contributed by atoms with E-state index < -0.39 is 5.41 Å². The first-order chi connectivity index (χ1) is 25.1. The lowest BCUT2D eigenvalue weighted by atomic mass is 9.70. The molecular weight excluding hydrogens is 629 g/mol. The molecule has 0 aliphatic heterocycles. The standard InChI is InChI=1S/C43H30N8/c1-27-15-17-31-32-18-16-28(2)49-42(32)43(41(31)48-27,29-23-37(33-11-3-7-19-44-33)50-38(24-29)34-12-4-8-20-45-34)30-25-39(35-13-5-9-21-46-35)51-40(26-30)36-14-6-10-22-47-36/h3-26H,1-2H3. The summed E-state index contributed by atoms with van der Waals surface area (Å²) < 4.78 is 0. The molecule has 0 unspecified atom stereocenters. The van der Waals surface area contributed by atoms with Crippen LogP contribution in [0.5, 0.6) is 0 Å². The largest absolute Gasteiger partial charge is 0.256 e. The van der Waals surface area contributed by atoms with E-state index in [1.54, 1.807) is 24.8 Å². The van der Waals surface area contributed by atoms with Crippen molar-refractivity contribution in [1.82, 2.24) is 39.9 Å². The van der Waals surface area contributed by atoms with Crippen LogP contribution < -0.4 is 0 Å². The second-order valence-electron chi connectivity index (χ2n) is 12.6. The predicted octanol–water partition coefficient (Wildman–Crippen LogP) is 8.49. The first-order valence-electron chi connectivity index (χ1n) is 16.8. The fourth-order valence-electron chi connectivity index (χ4n) is 7.02. The van der Waals surface area contributed by atoms with Crippen molar-refractivity contribution in [2.45, 2.75) is 19.3 Å². The van der Waals surface area contributed by atoms with Gasteiger partial charge in [0, 0.05) is 47.3 Å². The molecule has 9 rings (SSSR count). The molecule has 1 aliphatic carbocycles. The molecule has 8 heterocycles. The van der Waals surface area contributed by atoms with Crippen molar-refractivity contribution in [2.24, 2.45) is 0 Å². The van der Waals surface area contributed by atoms with Gasteiger partial charge in [-0.2, -0.15) is 0 Å². The number of aromatic nitrogens is 8. The van der Waals surface area contributed by atoms with Gasteiger partial charge in [-0.25, -0.2) is 9.97 Å². The quantitative estimate of drug-likeness (QED) is 0.175. The third-order valence-electron chi connectivity index (χ3n) is 9.30. The molecule has 242 valence electrons. The van der Waals surface area contributed by atoms with Crippen LogP contribution in [0.3, 0.4) is 0 Å². The monoisotopic (exact) mass is 658 g/mol. The molecule has 1 aliphatic rings. The van der Waals surface area contributed by atoms with Crippen molar-refractivity contribution >= 4 is 0 Å². The third-order valence-corrected chi connectivity index (χ3v) is 9.30. The summed E-state index contributed by atoms with van der Waals surface area (Å²) in [7, 11) is 0. The van der Waals surface area contributed by atoms with E-state index in [0.717, 1.165) is 67.8 Å². The van der Waals surface area contributed by atoms with Crippen LogP contribution in [0.2, 0.25) is 0 Å². The van der Waals surface area contributed by atoms with Gasteiger partial charge in [0.25, 0.3) is 0 Å². The molecule has 8 aromatic rings. The van der Waals surface area contributed by atoms with Crippen molar-refractivity contribution in [1.29, 1.82) is 0 Å². The summed E-state index contributed by atoms with van der Waals surface area (Å²) in [4.78, 5) is 40.0. The highest BCUT2D eigenvalue weighted by atomic mass is 14.9. The van der Waals surface area contributed by atoms with Crippen LogP contribution in [0.1, 0.15) is 33.9 Å². The van der Waals surface area contributed by atoms with E-state index in [9.17, 15) is 0 Å². The van der Waals surface area contributed by atoms with Crippen molar-refractivity contribution in [2.75, 3.05) is 0 Å². The molecule has 51 heavy (non-hydrogen) atoms. The van der Waals surface area contributed by atoms with E-state index in [0.29, 0.717) is 22.8 Å². The van der Waals surface area contributed by atoms with Crippen LogP contribution >= 0.6 is 0 Å². The number of nitrogens with zero attached hydrogens (tertiary/aromatic N) is 8. The fraction of sp³-hybridized carbons (Fsp3) is 0.0698. The zero-order valence-corrected chi connectivity index (χ0v) is 27.9. The first-order valence-corrected chi connectivity index (χ1v) is 16.8. The van der Waals surface area contributed by atoms with Crippen LogP contribution in [0.4, 0.5) is 0 Å². The summed E-state index contributed by atoms with van der Waals surface area (Å²) >= 11 is 0. The lowest BCUT2D eigenvalue weighted by Crippen LogP contribution is -2.31. The van der Waals surface area contributed by atoms with E-state index in [1.165, 1.54) is 0 Å². The Balaban J connectivity index is 1.46. The van der Waals surface area contributed by atoms with Gasteiger partial charge in [-0.3, -0.25) is 29.9 Å². The second kappa shape index (κ2) is 12.3. The molecule has 0 spiro atoms. The van der Waals surface area contributed by atoms with Crippen LogP contribution in [0.15, 0.2) is 146 Å². The summed E-state index contributed by atoms with van der Waals surface area (Å²) in [5.74, 6) is 0. The average Bonchev–Trinajstić information content (AvgIpc) is 3.48. The van der Waals surface area contributed by atoms with Gasteiger partial charge >= 0.3 is 0 Å². The van der Waals surface area contributed by atoms with Gasteiger partial charge in [-0.1, -0.05) is 36.4 Å². The van der Waals surface area contributed by atoms with Crippen LogP contribution in [0, 0.1) is 13.8 Å². The Morgan fingerprint density at radius 1 is 0.353 bits per heavy atom. The minimum absolute atomic E-state index is 0.715.